The normalized spacial score (nSPS) is 18.7. The van der Waals surface area contributed by atoms with Gasteiger partial charge in [0.05, 0.1) is 0 Å². The topological polar surface area (TPSA) is 29.4 Å². The summed E-state index contributed by atoms with van der Waals surface area (Å²) in [7, 11) is 0. The molecule has 0 saturated carbocycles. The minimum atomic E-state index is -0.0502. The summed E-state index contributed by atoms with van der Waals surface area (Å²) in [6, 6.07) is 5.30. The predicted molar refractivity (Wildman–Crippen MR) is 108 cm³/mol. The number of benzene rings is 1. The summed E-state index contributed by atoms with van der Waals surface area (Å²) in [6.45, 7) is 1.91. The molecular formula is C20H15Cl2NOS. The highest BCUT2D eigenvalue weighted by Crippen LogP contribution is 2.33. The van der Waals surface area contributed by atoms with Crippen LogP contribution in [0.1, 0.15) is 18.9 Å². The van der Waals surface area contributed by atoms with Crippen molar-refractivity contribution >= 4 is 51.9 Å². The van der Waals surface area contributed by atoms with Crippen molar-refractivity contribution in [2.45, 2.75) is 13.3 Å². The van der Waals surface area contributed by atoms with Crippen LogP contribution < -0.4 is 0 Å². The first kappa shape index (κ1) is 18.0. The Morgan fingerprint density at radius 3 is 2.68 bits per heavy atom. The highest BCUT2D eigenvalue weighted by atomic mass is 35.5. The summed E-state index contributed by atoms with van der Waals surface area (Å²) in [6.07, 6.45) is 9.50. The average molecular weight is 388 g/mol. The molecule has 0 spiro atoms. The summed E-state index contributed by atoms with van der Waals surface area (Å²) in [4.78, 5) is 17.1. The Kier molecular flexibility index (Phi) is 5.51. The van der Waals surface area contributed by atoms with Gasteiger partial charge in [-0.1, -0.05) is 29.3 Å². The van der Waals surface area contributed by atoms with E-state index < -0.39 is 0 Å². The molecule has 5 heteroatoms. The van der Waals surface area contributed by atoms with E-state index in [0.717, 1.165) is 21.8 Å². The molecule has 1 heterocycles. The third-order valence-electron chi connectivity index (χ3n) is 3.98. The number of aliphatic imine (C=N–C) groups is 1. The number of rotatable bonds is 1. The van der Waals surface area contributed by atoms with Crippen LogP contribution in [-0.2, 0) is 4.79 Å². The highest BCUT2D eigenvalue weighted by Gasteiger charge is 2.21. The Morgan fingerprint density at radius 1 is 1.28 bits per heavy atom. The molecule has 1 aliphatic heterocycles. The van der Waals surface area contributed by atoms with Crippen LogP contribution in [0, 0.1) is 0 Å². The van der Waals surface area contributed by atoms with Crippen LogP contribution >= 0.6 is 35.0 Å². The highest BCUT2D eigenvalue weighted by molar-refractivity contribution is 8.13. The van der Waals surface area contributed by atoms with Crippen LogP contribution in [0.4, 0.5) is 0 Å². The van der Waals surface area contributed by atoms with Crippen LogP contribution in [0.2, 0.25) is 10.0 Å². The van der Waals surface area contributed by atoms with Gasteiger partial charge in [0.1, 0.15) is 5.04 Å². The molecule has 0 unspecified atom stereocenters. The van der Waals surface area contributed by atoms with E-state index in [0.29, 0.717) is 27.6 Å². The van der Waals surface area contributed by atoms with Crippen molar-refractivity contribution in [2.24, 2.45) is 4.99 Å². The van der Waals surface area contributed by atoms with E-state index in [1.165, 1.54) is 0 Å². The Balaban J connectivity index is 2.12. The van der Waals surface area contributed by atoms with Crippen molar-refractivity contribution in [3.05, 3.63) is 80.2 Å². The second kappa shape index (κ2) is 7.63. The minimum Gasteiger partial charge on any atom is -0.290 e. The molecule has 0 atom stereocenters. The van der Waals surface area contributed by atoms with E-state index in [9.17, 15) is 4.79 Å². The third kappa shape index (κ3) is 3.91. The minimum absolute atomic E-state index is 0.0502. The fourth-order valence-electron chi connectivity index (χ4n) is 2.68. The Morgan fingerprint density at radius 2 is 2.00 bits per heavy atom. The van der Waals surface area contributed by atoms with Gasteiger partial charge in [-0.25, -0.2) is 4.99 Å². The van der Waals surface area contributed by atoms with Crippen molar-refractivity contribution in [1.82, 2.24) is 0 Å². The fraction of sp³-hybridized carbons (Fsp3) is 0.150. The molecular weight excluding hydrogens is 373 g/mol. The third-order valence-corrected chi connectivity index (χ3v) is 5.28. The summed E-state index contributed by atoms with van der Waals surface area (Å²) in [5.41, 5.74) is 7.30. The van der Waals surface area contributed by atoms with Crippen LogP contribution in [0.25, 0.3) is 6.08 Å². The monoisotopic (exact) mass is 387 g/mol. The molecule has 2 aliphatic rings. The molecule has 3 rings (SSSR count). The maximum atomic E-state index is 12.7. The zero-order valence-corrected chi connectivity index (χ0v) is 16.1. The van der Waals surface area contributed by atoms with Gasteiger partial charge in [-0.15, -0.1) is 17.5 Å². The lowest BCUT2D eigenvalue weighted by molar-refractivity contribution is -0.111. The fourth-order valence-corrected chi connectivity index (χ4v) is 3.52. The maximum absolute atomic E-state index is 12.7. The molecule has 0 radical (unpaired) electrons. The molecule has 0 N–H and O–H groups in total. The number of carbonyl (C=O) groups is 1. The summed E-state index contributed by atoms with van der Waals surface area (Å²) < 4.78 is 0. The quantitative estimate of drug-likeness (QED) is 0.434. The average Bonchev–Trinajstić information content (AvgIpc) is 2.84. The Labute approximate surface area is 161 Å². The van der Waals surface area contributed by atoms with Gasteiger partial charge in [0.2, 0.25) is 0 Å². The lowest BCUT2D eigenvalue weighted by Gasteiger charge is -2.08. The van der Waals surface area contributed by atoms with Gasteiger partial charge in [-0.3, -0.25) is 4.79 Å². The molecule has 0 fully saturated rings. The summed E-state index contributed by atoms with van der Waals surface area (Å²) in [5, 5.41) is 1.92. The number of ketones is 1. The zero-order chi connectivity index (χ0) is 18.0. The molecule has 25 heavy (non-hydrogen) atoms. The van der Waals surface area contributed by atoms with Gasteiger partial charge in [-0.2, -0.15) is 0 Å². The number of carbonyl (C=O) groups excluding carboxylic acids is 1. The first-order chi connectivity index (χ1) is 12.0. The molecule has 0 aromatic heterocycles. The Hall–Kier alpha value is -1.77. The molecule has 1 aromatic rings. The number of hydrogen-bond donors (Lipinski definition) is 0. The van der Waals surface area contributed by atoms with Gasteiger partial charge in [0.15, 0.2) is 5.78 Å². The summed E-state index contributed by atoms with van der Waals surface area (Å²) >= 11 is 14.1. The summed E-state index contributed by atoms with van der Waals surface area (Å²) in [5.74, 6) is -0.0502. The van der Waals surface area contributed by atoms with E-state index in [4.69, 9.17) is 23.2 Å². The van der Waals surface area contributed by atoms with Crippen LogP contribution in [-0.4, -0.2) is 17.1 Å². The lowest BCUT2D eigenvalue weighted by Crippen LogP contribution is -1.98. The van der Waals surface area contributed by atoms with Crippen molar-refractivity contribution in [2.75, 3.05) is 6.26 Å². The van der Waals surface area contributed by atoms with Crippen molar-refractivity contribution in [3.8, 4) is 0 Å². The van der Waals surface area contributed by atoms with E-state index in [1.54, 1.807) is 42.1 Å². The molecule has 0 bridgehead atoms. The smallest absolute Gasteiger partial charge is 0.182 e. The van der Waals surface area contributed by atoms with E-state index in [1.807, 2.05) is 25.5 Å². The predicted octanol–water partition coefficient (Wildman–Crippen LogP) is 6.04. The van der Waals surface area contributed by atoms with Gasteiger partial charge in [-0.05, 0) is 48.6 Å². The van der Waals surface area contributed by atoms with E-state index in [-0.39, 0.29) is 5.78 Å². The van der Waals surface area contributed by atoms with Crippen LogP contribution in [0.3, 0.4) is 0 Å². The number of thioether (sulfide) groups is 1. The second-order valence-electron chi connectivity index (χ2n) is 5.66. The molecule has 126 valence electrons. The number of hydrogen-bond acceptors (Lipinski definition) is 3. The SMILES string of the molecule is CSC1=NC=C2C/C(=C/c3c(Cl)cccc3Cl)C(=O)C=C(C)C2=C=C1. The number of allylic oxidation sites excluding steroid dienone is 4. The molecule has 0 saturated heterocycles. The zero-order valence-electron chi connectivity index (χ0n) is 13.8. The van der Waals surface area contributed by atoms with Crippen molar-refractivity contribution in [1.29, 1.82) is 0 Å². The second-order valence-corrected chi connectivity index (χ2v) is 7.30. The standard InChI is InChI=1S/C20H15Cl2NOS/c1-12-8-19(24)13(10-16-17(21)4-3-5-18(16)22)9-14-11-23-20(25-2)7-6-15(12)14/h3-5,7-8,10-11H,9H2,1-2H3/b13-10-. The number of halogens is 2. The number of nitrogens with zero attached hydrogens (tertiary/aromatic N) is 1. The first-order valence-corrected chi connectivity index (χ1v) is 9.63. The largest absolute Gasteiger partial charge is 0.290 e. The van der Waals surface area contributed by atoms with Crippen LogP contribution in [0.5, 0.6) is 0 Å². The van der Waals surface area contributed by atoms with Crippen molar-refractivity contribution < 1.29 is 4.79 Å². The molecule has 0 amide bonds. The molecule has 1 aliphatic carbocycles. The van der Waals surface area contributed by atoms with Gasteiger partial charge >= 0.3 is 0 Å². The van der Waals surface area contributed by atoms with Gasteiger partial charge in [0, 0.05) is 45.5 Å². The lowest BCUT2D eigenvalue weighted by atomic mass is 9.97. The van der Waals surface area contributed by atoms with Gasteiger partial charge < -0.3 is 0 Å². The first-order valence-electron chi connectivity index (χ1n) is 7.65. The van der Waals surface area contributed by atoms with Gasteiger partial charge in [0.25, 0.3) is 0 Å². The van der Waals surface area contributed by atoms with E-state index >= 15 is 0 Å². The van der Waals surface area contributed by atoms with Crippen molar-refractivity contribution in [3.63, 3.8) is 0 Å². The van der Waals surface area contributed by atoms with E-state index in [2.05, 4.69) is 10.7 Å². The number of fused-ring (bicyclic) bond motifs is 1. The molecule has 2 nitrogen and oxygen atoms in total. The maximum Gasteiger partial charge on any atom is 0.182 e. The van der Waals surface area contributed by atoms with Crippen LogP contribution in [0.15, 0.2) is 69.6 Å². The Bertz CT molecular complexity index is 924. The molecule has 1 aromatic carbocycles.